The van der Waals surface area contributed by atoms with Gasteiger partial charge < -0.3 is 20.4 Å². The number of nitrogens with zero attached hydrogens (tertiary/aromatic N) is 1. The smallest absolute Gasteiger partial charge is 0.352 e. The number of hydrogen-bond donors (Lipinski definition) is 3. The van der Waals surface area contributed by atoms with Crippen molar-refractivity contribution in [3.05, 3.63) is 22.3 Å². The Hall–Kier alpha value is -1.31. The van der Waals surface area contributed by atoms with Gasteiger partial charge in [0.1, 0.15) is 5.70 Å². The van der Waals surface area contributed by atoms with Crippen LogP contribution in [0.25, 0.3) is 0 Å². The van der Waals surface area contributed by atoms with Crippen LogP contribution in [0.2, 0.25) is 0 Å². The van der Waals surface area contributed by atoms with Gasteiger partial charge in [-0.2, -0.15) is 0 Å². The van der Waals surface area contributed by atoms with Crippen LogP contribution in [-0.4, -0.2) is 57.5 Å². The summed E-state index contributed by atoms with van der Waals surface area (Å²) in [7, 11) is 0. The predicted octanol–water partition coefficient (Wildman–Crippen LogP) is 0.791. The number of thioether (sulfide) groups is 1. The third kappa shape index (κ3) is 2.11. The third-order valence-electron chi connectivity index (χ3n) is 5.75. The average molecular weight is 350 g/mol. The number of aliphatic hydroxyl groups is 1. The molecule has 1 amide bonds. The number of carboxylic acids is 1. The van der Waals surface area contributed by atoms with E-state index in [-0.39, 0.29) is 23.6 Å². The van der Waals surface area contributed by atoms with Gasteiger partial charge in [-0.15, -0.1) is 11.8 Å². The Morgan fingerprint density at radius 3 is 2.88 bits per heavy atom. The van der Waals surface area contributed by atoms with Crippen molar-refractivity contribution < 1.29 is 19.8 Å². The topological polar surface area (TPSA) is 89.9 Å². The van der Waals surface area contributed by atoms with Crippen LogP contribution >= 0.6 is 11.8 Å². The first-order chi connectivity index (χ1) is 11.4. The van der Waals surface area contributed by atoms with E-state index in [0.29, 0.717) is 11.2 Å². The predicted molar refractivity (Wildman–Crippen MR) is 90.1 cm³/mol. The minimum atomic E-state index is -1.05. The van der Waals surface area contributed by atoms with Gasteiger partial charge in [-0.05, 0) is 19.9 Å². The number of nitrogens with one attached hydrogen (secondary N) is 1. The lowest BCUT2D eigenvalue weighted by Crippen LogP contribution is -2.63. The second kappa shape index (κ2) is 5.61. The summed E-state index contributed by atoms with van der Waals surface area (Å²) in [5, 5.41) is 23.5. The van der Waals surface area contributed by atoms with Gasteiger partial charge in [0.05, 0.1) is 18.1 Å². The van der Waals surface area contributed by atoms with Crippen LogP contribution in [0.5, 0.6) is 0 Å². The zero-order valence-corrected chi connectivity index (χ0v) is 14.5. The summed E-state index contributed by atoms with van der Waals surface area (Å²) in [6, 6.07) is -0.235. The standard InChI is InChI=1S/C17H22N2O4S/c1-7-12(11-5-9-6-18-4-3-10(9)24-11)15(17(22)23)19-14(7)13(8(2)20)16(19)21/h5,7-10,13-14,18,20H,3-4,6H2,1-2H3,(H,22,23)/t7-,8+,9?,10?,13+,14+/m0/s1. The van der Waals surface area contributed by atoms with Crippen molar-refractivity contribution >= 4 is 23.6 Å². The molecule has 4 aliphatic rings. The zero-order valence-electron chi connectivity index (χ0n) is 13.7. The average Bonchev–Trinajstić information content (AvgIpc) is 3.03. The molecular weight excluding hydrogens is 328 g/mol. The molecule has 2 saturated heterocycles. The Bertz CT molecular complexity index is 672. The first-order valence-electron chi connectivity index (χ1n) is 8.50. The molecule has 4 heterocycles. The van der Waals surface area contributed by atoms with Gasteiger partial charge in [-0.25, -0.2) is 4.79 Å². The molecule has 6 atom stereocenters. The fourth-order valence-corrected chi connectivity index (χ4v) is 6.19. The summed E-state index contributed by atoms with van der Waals surface area (Å²) in [4.78, 5) is 26.7. The van der Waals surface area contributed by atoms with E-state index in [1.807, 2.05) is 6.92 Å². The maximum atomic E-state index is 12.4. The largest absolute Gasteiger partial charge is 0.477 e. The van der Waals surface area contributed by atoms with Crippen molar-refractivity contribution in [2.24, 2.45) is 17.8 Å². The lowest BCUT2D eigenvalue weighted by molar-refractivity contribution is -0.163. The van der Waals surface area contributed by atoms with E-state index < -0.39 is 18.0 Å². The number of carbonyl (C=O) groups is 2. The van der Waals surface area contributed by atoms with Crippen molar-refractivity contribution in [3.8, 4) is 0 Å². The molecule has 6 nitrogen and oxygen atoms in total. The number of aliphatic hydroxyl groups excluding tert-OH is 1. The molecule has 0 radical (unpaired) electrons. The third-order valence-corrected chi connectivity index (χ3v) is 7.25. The number of rotatable bonds is 3. The Morgan fingerprint density at radius 2 is 2.25 bits per heavy atom. The lowest BCUT2D eigenvalue weighted by atomic mass is 9.77. The first kappa shape index (κ1) is 16.2. The van der Waals surface area contributed by atoms with Crippen molar-refractivity contribution in [1.29, 1.82) is 0 Å². The van der Waals surface area contributed by atoms with Crippen LogP contribution < -0.4 is 5.32 Å². The van der Waals surface area contributed by atoms with Gasteiger partial charge in [0.15, 0.2) is 0 Å². The molecule has 0 aromatic heterocycles. The molecular formula is C17H22N2O4S. The number of piperidine rings is 1. The van der Waals surface area contributed by atoms with Gasteiger partial charge in [-0.3, -0.25) is 4.79 Å². The van der Waals surface area contributed by atoms with Gasteiger partial charge in [0.2, 0.25) is 5.91 Å². The highest BCUT2D eigenvalue weighted by Crippen LogP contribution is 2.54. The normalized spacial score (nSPS) is 39.3. The van der Waals surface area contributed by atoms with Crippen molar-refractivity contribution in [2.45, 2.75) is 37.7 Å². The molecule has 0 aromatic rings. The minimum absolute atomic E-state index is 0.0692. The monoisotopic (exact) mass is 350 g/mol. The molecule has 0 spiro atoms. The maximum Gasteiger partial charge on any atom is 0.352 e. The van der Waals surface area contributed by atoms with Gasteiger partial charge in [0, 0.05) is 34.1 Å². The Morgan fingerprint density at radius 1 is 1.50 bits per heavy atom. The van der Waals surface area contributed by atoms with Gasteiger partial charge in [-0.1, -0.05) is 13.0 Å². The SMILES string of the molecule is C[C@@H](O)[C@H]1C(=O)N2C(C(=O)O)=C(C3=CC4CNCCC4S3)[C@H](C)[C@H]12. The molecule has 2 unspecified atom stereocenters. The number of aliphatic carboxylic acids is 1. The molecule has 130 valence electrons. The van der Waals surface area contributed by atoms with Crippen LogP contribution in [0.3, 0.4) is 0 Å². The zero-order chi connectivity index (χ0) is 17.2. The number of β-lactam (4-membered cyclic amide) rings is 1. The molecule has 24 heavy (non-hydrogen) atoms. The fourth-order valence-electron chi connectivity index (χ4n) is 4.61. The summed E-state index contributed by atoms with van der Waals surface area (Å²) < 4.78 is 0. The highest BCUT2D eigenvalue weighted by Gasteiger charge is 2.60. The van der Waals surface area contributed by atoms with Crippen molar-refractivity contribution in [1.82, 2.24) is 10.2 Å². The molecule has 0 aromatic carbocycles. The van der Waals surface area contributed by atoms with Gasteiger partial charge >= 0.3 is 5.97 Å². The summed E-state index contributed by atoms with van der Waals surface area (Å²) in [6.45, 7) is 5.50. The Labute approximate surface area is 145 Å². The first-order valence-corrected chi connectivity index (χ1v) is 9.38. The summed E-state index contributed by atoms with van der Waals surface area (Å²) in [6.07, 6.45) is 2.50. The Balaban J connectivity index is 1.72. The molecule has 4 rings (SSSR count). The van der Waals surface area contributed by atoms with Crippen LogP contribution in [0.1, 0.15) is 20.3 Å². The molecule has 2 fully saturated rings. The molecule has 0 aliphatic carbocycles. The van der Waals surface area contributed by atoms with E-state index in [1.165, 1.54) is 4.90 Å². The van der Waals surface area contributed by atoms with Crippen LogP contribution in [-0.2, 0) is 9.59 Å². The van der Waals surface area contributed by atoms with Crippen LogP contribution in [0.15, 0.2) is 22.3 Å². The van der Waals surface area contributed by atoms with E-state index >= 15 is 0 Å². The summed E-state index contributed by atoms with van der Waals surface area (Å²) >= 11 is 1.76. The number of allylic oxidation sites excluding steroid dienone is 1. The quantitative estimate of drug-likeness (QED) is 0.652. The molecule has 4 aliphatic heterocycles. The molecule has 0 bridgehead atoms. The van der Waals surface area contributed by atoms with Crippen LogP contribution in [0, 0.1) is 17.8 Å². The van der Waals surface area contributed by atoms with E-state index in [0.717, 1.165) is 30.0 Å². The number of carboxylic acid groups (broad SMARTS) is 1. The summed E-state index contributed by atoms with van der Waals surface area (Å²) in [5.74, 6) is -1.46. The van der Waals surface area contributed by atoms with E-state index in [1.54, 1.807) is 18.7 Å². The number of amides is 1. The lowest BCUT2D eigenvalue weighted by Gasteiger charge is -2.46. The molecule has 3 N–H and O–H groups in total. The number of hydrogen-bond acceptors (Lipinski definition) is 5. The minimum Gasteiger partial charge on any atom is -0.477 e. The van der Waals surface area contributed by atoms with E-state index in [9.17, 15) is 19.8 Å². The van der Waals surface area contributed by atoms with E-state index in [4.69, 9.17) is 0 Å². The second-order valence-electron chi connectivity index (χ2n) is 7.17. The maximum absolute atomic E-state index is 12.4. The van der Waals surface area contributed by atoms with E-state index in [2.05, 4.69) is 11.4 Å². The van der Waals surface area contributed by atoms with Crippen molar-refractivity contribution in [3.63, 3.8) is 0 Å². The van der Waals surface area contributed by atoms with Crippen molar-refractivity contribution in [2.75, 3.05) is 13.1 Å². The Kier molecular flexibility index (Phi) is 3.78. The highest BCUT2D eigenvalue weighted by molar-refractivity contribution is 8.04. The highest BCUT2D eigenvalue weighted by atomic mass is 32.2. The number of fused-ring (bicyclic) bond motifs is 2. The van der Waals surface area contributed by atoms with Gasteiger partial charge in [0.25, 0.3) is 0 Å². The molecule has 0 saturated carbocycles. The van der Waals surface area contributed by atoms with Crippen LogP contribution in [0.4, 0.5) is 0 Å². The summed E-state index contributed by atoms with van der Waals surface area (Å²) in [5.41, 5.74) is 0.906. The fraction of sp³-hybridized carbons (Fsp3) is 0.647. The molecule has 7 heteroatoms. The number of carbonyl (C=O) groups excluding carboxylic acids is 1. The second-order valence-corrected chi connectivity index (χ2v) is 8.45.